The van der Waals surface area contributed by atoms with Crippen molar-refractivity contribution in [3.8, 4) is 23.8 Å². The third-order valence-electron chi connectivity index (χ3n) is 3.27. The molecule has 0 unspecified atom stereocenters. The van der Waals surface area contributed by atoms with Gasteiger partial charge in [-0.2, -0.15) is 0 Å². The van der Waals surface area contributed by atoms with Crippen molar-refractivity contribution < 1.29 is 19.1 Å². The van der Waals surface area contributed by atoms with Crippen molar-refractivity contribution in [2.24, 2.45) is 0 Å². The minimum absolute atomic E-state index is 0.107. The summed E-state index contributed by atoms with van der Waals surface area (Å²) in [4.78, 5) is 25.2. The zero-order valence-corrected chi connectivity index (χ0v) is 15.0. The summed E-state index contributed by atoms with van der Waals surface area (Å²) in [6, 6.07) is 3.04. The number of imide groups is 1. The zero-order chi connectivity index (χ0) is 17.7. The van der Waals surface area contributed by atoms with E-state index in [2.05, 4.69) is 27.2 Å². The maximum atomic E-state index is 12.2. The van der Waals surface area contributed by atoms with Crippen molar-refractivity contribution in [2.45, 2.75) is 13.3 Å². The fourth-order valence-electron chi connectivity index (χ4n) is 2.24. The van der Waals surface area contributed by atoms with Crippen LogP contribution in [0.2, 0.25) is 0 Å². The third-order valence-corrected chi connectivity index (χ3v) is 3.86. The Labute approximate surface area is 148 Å². The summed E-state index contributed by atoms with van der Waals surface area (Å²) < 4.78 is 11.4. The predicted octanol–water partition coefficient (Wildman–Crippen LogP) is 2.77. The molecule has 0 atom stereocenters. The van der Waals surface area contributed by atoms with Crippen LogP contribution in [0.1, 0.15) is 18.9 Å². The molecule has 0 saturated carbocycles. The van der Waals surface area contributed by atoms with Gasteiger partial charge in [-0.25, -0.2) is 4.79 Å². The maximum Gasteiger partial charge on any atom is 0.329 e. The second-order valence-corrected chi connectivity index (χ2v) is 5.83. The van der Waals surface area contributed by atoms with Crippen molar-refractivity contribution >= 4 is 33.9 Å². The Morgan fingerprint density at radius 1 is 1.42 bits per heavy atom. The van der Waals surface area contributed by atoms with Crippen LogP contribution >= 0.6 is 15.9 Å². The first-order valence-electron chi connectivity index (χ1n) is 7.30. The lowest BCUT2D eigenvalue weighted by Crippen LogP contribution is -2.31. The number of nitrogens with one attached hydrogen (secondary N) is 1. The molecule has 6 nitrogen and oxygen atoms in total. The molecule has 0 radical (unpaired) electrons. The van der Waals surface area contributed by atoms with Gasteiger partial charge in [0, 0.05) is 6.54 Å². The average molecular weight is 393 g/mol. The van der Waals surface area contributed by atoms with Crippen molar-refractivity contribution in [1.82, 2.24) is 10.2 Å². The Morgan fingerprint density at radius 3 is 2.79 bits per heavy atom. The Hall–Kier alpha value is -2.46. The number of terminal acetylenes is 1. The highest BCUT2D eigenvalue weighted by Gasteiger charge is 2.32. The second kappa shape index (κ2) is 7.88. The molecular formula is C17H17BrN2O4. The number of carbonyl (C=O) groups excluding carboxylic acids is 2. The van der Waals surface area contributed by atoms with Gasteiger partial charge in [0.2, 0.25) is 0 Å². The molecule has 1 saturated heterocycles. The number of hydrogen-bond donors (Lipinski definition) is 1. The quantitative estimate of drug-likeness (QED) is 0.459. The molecule has 2 rings (SSSR count). The minimum atomic E-state index is -0.409. The normalized spacial score (nSPS) is 15.4. The van der Waals surface area contributed by atoms with Crippen LogP contribution in [-0.2, 0) is 4.79 Å². The van der Waals surface area contributed by atoms with Crippen molar-refractivity contribution in [2.75, 3.05) is 20.3 Å². The summed E-state index contributed by atoms with van der Waals surface area (Å²) in [5.41, 5.74) is 0.897. The molecule has 0 spiro atoms. The van der Waals surface area contributed by atoms with E-state index in [4.69, 9.17) is 15.9 Å². The molecule has 1 aromatic carbocycles. The molecule has 7 heteroatoms. The van der Waals surface area contributed by atoms with Gasteiger partial charge in [0.15, 0.2) is 11.5 Å². The van der Waals surface area contributed by atoms with Crippen LogP contribution in [0.25, 0.3) is 6.08 Å². The molecule has 3 amide bonds. The predicted molar refractivity (Wildman–Crippen MR) is 93.5 cm³/mol. The topological polar surface area (TPSA) is 67.9 Å². The first kappa shape index (κ1) is 17.9. The van der Waals surface area contributed by atoms with Gasteiger partial charge < -0.3 is 14.8 Å². The van der Waals surface area contributed by atoms with Crippen LogP contribution in [0.4, 0.5) is 4.79 Å². The Bertz CT molecular complexity index is 737. The van der Waals surface area contributed by atoms with Gasteiger partial charge in [-0.15, -0.1) is 6.42 Å². The van der Waals surface area contributed by atoms with E-state index in [1.165, 1.54) is 12.0 Å². The van der Waals surface area contributed by atoms with E-state index in [1.807, 2.05) is 6.92 Å². The van der Waals surface area contributed by atoms with E-state index >= 15 is 0 Å². The van der Waals surface area contributed by atoms with Crippen LogP contribution in [0.15, 0.2) is 22.3 Å². The van der Waals surface area contributed by atoms with E-state index in [-0.39, 0.29) is 18.2 Å². The highest BCUT2D eigenvalue weighted by atomic mass is 79.9. The number of rotatable bonds is 6. The summed E-state index contributed by atoms with van der Waals surface area (Å²) in [6.07, 6.45) is 7.49. The van der Waals surface area contributed by atoms with Crippen molar-refractivity contribution in [1.29, 1.82) is 0 Å². The zero-order valence-electron chi connectivity index (χ0n) is 13.4. The fourth-order valence-corrected chi connectivity index (χ4v) is 2.82. The molecule has 0 aromatic heterocycles. The molecule has 126 valence electrons. The van der Waals surface area contributed by atoms with Gasteiger partial charge in [0.1, 0.15) is 12.3 Å². The summed E-state index contributed by atoms with van der Waals surface area (Å²) >= 11 is 3.40. The molecule has 0 aliphatic carbocycles. The van der Waals surface area contributed by atoms with Crippen molar-refractivity contribution in [3.05, 3.63) is 27.9 Å². The second-order valence-electron chi connectivity index (χ2n) is 4.97. The molecule has 0 bridgehead atoms. The lowest BCUT2D eigenvalue weighted by molar-refractivity contribution is -0.122. The van der Waals surface area contributed by atoms with Crippen LogP contribution < -0.4 is 14.8 Å². The van der Waals surface area contributed by atoms with Gasteiger partial charge >= 0.3 is 6.03 Å². The van der Waals surface area contributed by atoms with Gasteiger partial charge in [-0.05, 0) is 46.1 Å². The van der Waals surface area contributed by atoms with Crippen LogP contribution in [0, 0.1) is 12.3 Å². The van der Waals surface area contributed by atoms with E-state index < -0.39 is 6.03 Å². The van der Waals surface area contributed by atoms with Gasteiger partial charge in [-0.3, -0.25) is 9.69 Å². The maximum absolute atomic E-state index is 12.2. The van der Waals surface area contributed by atoms with E-state index in [1.54, 1.807) is 18.2 Å². The highest BCUT2D eigenvalue weighted by molar-refractivity contribution is 9.10. The Morgan fingerprint density at radius 2 is 2.17 bits per heavy atom. The van der Waals surface area contributed by atoms with Gasteiger partial charge in [0.05, 0.1) is 11.6 Å². The number of benzene rings is 1. The largest absolute Gasteiger partial charge is 0.493 e. The van der Waals surface area contributed by atoms with Crippen molar-refractivity contribution in [3.63, 3.8) is 0 Å². The highest BCUT2D eigenvalue weighted by Crippen LogP contribution is 2.37. The smallest absolute Gasteiger partial charge is 0.329 e. The first-order valence-corrected chi connectivity index (χ1v) is 8.09. The molecule has 1 aromatic rings. The van der Waals surface area contributed by atoms with Crippen LogP contribution in [0.5, 0.6) is 11.5 Å². The van der Waals surface area contributed by atoms with Crippen LogP contribution in [-0.4, -0.2) is 37.1 Å². The number of halogens is 1. The van der Waals surface area contributed by atoms with Gasteiger partial charge in [-0.1, -0.05) is 12.8 Å². The average Bonchev–Trinajstić information content (AvgIpc) is 2.81. The minimum Gasteiger partial charge on any atom is -0.493 e. The van der Waals surface area contributed by atoms with Crippen LogP contribution in [0.3, 0.4) is 0 Å². The molecule has 1 N–H and O–H groups in total. The molecule has 1 aliphatic rings. The van der Waals surface area contributed by atoms with E-state index in [0.717, 1.165) is 0 Å². The standard InChI is InChI=1S/C17H17BrN2O4/c1-4-6-20-16(21)13(19-17(20)22)9-11-8-12(18)15(24-7-5-2)14(10-11)23-3/h2,8-10H,4,6-7H2,1,3H3,(H,19,22)/b13-9+. The first-order chi connectivity index (χ1) is 11.5. The summed E-state index contributed by atoms with van der Waals surface area (Å²) in [6.45, 7) is 2.39. The van der Waals surface area contributed by atoms with Gasteiger partial charge in [0.25, 0.3) is 5.91 Å². The van der Waals surface area contributed by atoms with E-state index in [0.29, 0.717) is 34.5 Å². The number of nitrogens with zero attached hydrogens (tertiary/aromatic N) is 1. The summed E-state index contributed by atoms with van der Waals surface area (Å²) in [7, 11) is 1.51. The number of methoxy groups -OCH3 is 1. The number of ether oxygens (including phenoxy) is 2. The Kier molecular flexibility index (Phi) is 5.88. The molecule has 24 heavy (non-hydrogen) atoms. The molecule has 1 aliphatic heterocycles. The summed E-state index contributed by atoms with van der Waals surface area (Å²) in [5.74, 6) is 2.99. The SMILES string of the molecule is C#CCOc1c(Br)cc(/C=C2/NC(=O)N(CCC)C2=O)cc1OC. The lowest BCUT2D eigenvalue weighted by atomic mass is 10.1. The third kappa shape index (κ3) is 3.71. The number of carbonyl (C=O) groups is 2. The summed E-state index contributed by atoms with van der Waals surface area (Å²) in [5, 5.41) is 2.58. The Balaban J connectivity index is 2.33. The fraction of sp³-hybridized carbons (Fsp3) is 0.294. The molecule has 1 fully saturated rings. The number of hydrogen-bond acceptors (Lipinski definition) is 4. The molecular weight excluding hydrogens is 376 g/mol. The van der Waals surface area contributed by atoms with E-state index in [9.17, 15) is 9.59 Å². The monoisotopic (exact) mass is 392 g/mol. The number of amides is 3. The lowest BCUT2D eigenvalue weighted by Gasteiger charge is -2.12. The number of urea groups is 1. The molecule has 1 heterocycles.